The van der Waals surface area contributed by atoms with Crippen LogP contribution in [0.15, 0.2) is 66.9 Å². The number of benzene rings is 2. The maximum absolute atomic E-state index is 12.7. The summed E-state index contributed by atoms with van der Waals surface area (Å²) >= 11 is 0. The number of carbonyl (C=O) groups is 1. The van der Waals surface area contributed by atoms with E-state index >= 15 is 0 Å². The van der Waals surface area contributed by atoms with Gasteiger partial charge < -0.3 is 15.7 Å². The molecule has 0 saturated carbocycles. The molecule has 2 heterocycles. The lowest BCUT2D eigenvalue weighted by Crippen LogP contribution is -2.37. The van der Waals surface area contributed by atoms with Gasteiger partial charge in [0.25, 0.3) is 5.91 Å². The molecule has 0 bridgehead atoms. The van der Waals surface area contributed by atoms with Crippen molar-refractivity contribution in [3.63, 3.8) is 0 Å². The smallest absolute Gasteiger partial charge is 0.253 e. The molecule has 0 radical (unpaired) electrons. The number of nitrogens with one attached hydrogen (secondary N) is 3. The second-order valence-electron chi connectivity index (χ2n) is 7.39. The quantitative estimate of drug-likeness (QED) is 0.334. The molecule has 2 aromatic heterocycles. The van der Waals surface area contributed by atoms with E-state index in [4.69, 9.17) is 0 Å². The van der Waals surface area contributed by atoms with Crippen LogP contribution in [0.5, 0.6) is 0 Å². The molecule has 2 aromatic carbocycles. The molecule has 32 heavy (non-hydrogen) atoms. The Bertz CT molecular complexity index is 1230. The van der Waals surface area contributed by atoms with E-state index in [9.17, 15) is 9.90 Å². The van der Waals surface area contributed by atoms with E-state index in [1.807, 2.05) is 73.7 Å². The minimum absolute atomic E-state index is 0.0918. The second kappa shape index (κ2) is 9.89. The zero-order valence-electron chi connectivity index (χ0n) is 17.7. The third-order valence-corrected chi connectivity index (χ3v) is 5.19. The van der Waals surface area contributed by atoms with Gasteiger partial charge in [-0.15, -0.1) is 0 Å². The van der Waals surface area contributed by atoms with Gasteiger partial charge in [0.05, 0.1) is 40.8 Å². The van der Waals surface area contributed by atoms with Gasteiger partial charge in [0.2, 0.25) is 0 Å². The number of aromatic nitrogens is 3. The number of para-hydroxylation sites is 1. The van der Waals surface area contributed by atoms with Crippen LogP contribution in [0.4, 0.5) is 11.4 Å². The second-order valence-corrected chi connectivity index (χ2v) is 7.39. The van der Waals surface area contributed by atoms with Crippen LogP contribution in [0.2, 0.25) is 0 Å². The lowest BCUT2D eigenvalue weighted by Gasteiger charge is -2.16. The minimum Gasteiger partial charge on any atom is -0.394 e. The number of H-pyrrole nitrogens is 1. The molecule has 7 heteroatoms. The lowest BCUT2D eigenvalue weighted by atomic mass is 10.1. The van der Waals surface area contributed by atoms with Crippen molar-refractivity contribution < 1.29 is 9.90 Å². The van der Waals surface area contributed by atoms with Crippen molar-refractivity contribution >= 4 is 40.3 Å². The fourth-order valence-electron chi connectivity index (χ4n) is 3.37. The number of carbonyl (C=O) groups excluding carboxylic acids is 1. The third kappa shape index (κ3) is 4.84. The molecule has 4 rings (SSSR count). The van der Waals surface area contributed by atoms with Crippen LogP contribution in [0.3, 0.4) is 0 Å². The summed E-state index contributed by atoms with van der Waals surface area (Å²) in [5.41, 5.74) is 4.60. The summed E-state index contributed by atoms with van der Waals surface area (Å²) in [6.07, 6.45) is 6.27. The number of aliphatic hydroxyl groups excluding tert-OH is 1. The number of aliphatic hydroxyl groups is 1. The number of rotatable bonds is 8. The summed E-state index contributed by atoms with van der Waals surface area (Å²) in [5.74, 6) is -0.224. The van der Waals surface area contributed by atoms with Crippen LogP contribution in [0.25, 0.3) is 23.1 Å². The number of amides is 1. The Labute approximate surface area is 186 Å². The van der Waals surface area contributed by atoms with E-state index < -0.39 is 0 Å². The maximum atomic E-state index is 12.7. The molecule has 0 fully saturated rings. The van der Waals surface area contributed by atoms with Gasteiger partial charge in [0, 0.05) is 17.3 Å². The van der Waals surface area contributed by atoms with Crippen molar-refractivity contribution in [1.29, 1.82) is 0 Å². The van der Waals surface area contributed by atoms with Crippen molar-refractivity contribution in [2.45, 2.75) is 19.4 Å². The van der Waals surface area contributed by atoms with Gasteiger partial charge >= 0.3 is 0 Å². The molecule has 4 N–H and O–H groups in total. The number of anilines is 2. The molecular weight excluding hydrogens is 402 g/mol. The van der Waals surface area contributed by atoms with E-state index in [0.29, 0.717) is 17.7 Å². The van der Waals surface area contributed by atoms with Gasteiger partial charge in [-0.1, -0.05) is 25.1 Å². The Morgan fingerprint density at radius 3 is 2.75 bits per heavy atom. The standard InChI is InChI=1S/C25H25N5O2/c1-2-17(16-31)28-25(32)21-8-3-4-9-22(21)27-19-10-12-20-23(29-30-24(20)15-19)13-11-18-7-5-6-14-26-18/h3-15,17,27,31H,2,16H2,1H3,(H,28,32)(H,29,30)/b13-11+. The van der Waals surface area contributed by atoms with E-state index in [1.165, 1.54) is 0 Å². The number of hydrogen-bond acceptors (Lipinski definition) is 5. The summed E-state index contributed by atoms with van der Waals surface area (Å²) in [5, 5.41) is 24.0. The Morgan fingerprint density at radius 2 is 1.97 bits per heavy atom. The number of nitrogens with zero attached hydrogens (tertiary/aromatic N) is 2. The first kappa shape index (κ1) is 21.3. The van der Waals surface area contributed by atoms with Crippen molar-refractivity contribution in [3.8, 4) is 0 Å². The lowest BCUT2D eigenvalue weighted by molar-refractivity contribution is 0.0916. The van der Waals surface area contributed by atoms with Crippen LogP contribution >= 0.6 is 0 Å². The predicted octanol–water partition coefficient (Wildman–Crippen LogP) is 4.37. The first-order chi connectivity index (χ1) is 15.7. The summed E-state index contributed by atoms with van der Waals surface area (Å²) in [6, 6.07) is 18.7. The van der Waals surface area contributed by atoms with Crippen LogP contribution in [-0.2, 0) is 0 Å². The highest BCUT2D eigenvalue weighted by Crippen LogP contribution is 2.26. The fraction of sp³-hybridized carbons (Fsp3) is 0.160. The highest BCUT2D eigenvalue weighted by atomic mass is 16.3. The summed E-state index contributed by atoms with van der Waals surface area (Å²) in [7, 11) is 0. The SMILES string of the molecule is CCC(CO)NC(=O)c1ccccc1Nc1ccc2c(/C=C/c3ccccn3)n[nH]c2c1. The maximum Gasteiger partial charge on any atom is 0.253 e. The molecule has 7 nitrogen and oxygen atoms in total. The summed E-state index contributed by atoms with van der Waals surface area (Å²) < 4.78 is 0. The number of fused-ring (bicyclic) bond motifs is 1. The highest BCUT2D eigenvalue weighted by Gasteiger charge is 2.15. The number of pyridine rings is 1. The van der Waals surface area contributed by atoms with Crippen LogP contribution < -0.4 is 10.6 Å². The molecule has 0 spiro atoms. The van der Waals surface area contributed by atoms with Crippen molar-refractivity contribution in [1.82, 2.24) is 20.5 Å². The Kier molecular flexibility index (Phi) is 6.57. The van der Waals surface area contributed by atoms with Crippen LogP contribution in [-0.4, -0.2) is 38.8 Å². The van der Waals surface area contributed by atoms with Crippen molar-refractivity contribution in [2.75, 3.05) is 11.9 Å². The van der Waals surface area contributed by atoms with E-state index in [0.717, 1.165) is 28.0 Å². The molecule has 4 aromatic rings. The summed E-state index contributed by atoms with van der Waals surface area (Å²) in [6.45, 7) is 1.83. The topological polar surface area (TPSA) is 103 Å². The average molecular weight is 428 g/mol. The molecule has 1 unspecified atom stereocenters. The fourth-order valence-corrected chi connectivity index (χ4v) is 3.37. The minimum atomic E-state index is -0.269. The monoisotopic (exact) mass is 427 g/mol. The van der Waals surface area contributed by atoms with Gasteiger partial charge in [-0.05, 0) is 61.0 Å². The first-order valence-corrected chi connectivity index (χ1v) is 10.5. The molecule has 1 amide bonds. The van der Waals surface area contributed by atoms with Crippen LogP contribution in [0, 0.1) is 0 Å². The zero-order valence-corrected chi connectivity index (χ0v) is 17.7. The van der Waals surface area contributed by atoms with Crippen LogP contribution in [0.1, 0.15) is 35.1 Å². The van der Waals surface area contributed by atoms with Crippen molar-refractivity contribution in [3.05, 3.63) is 83.8 Å². The Hall–Kier alpha value is -3.97. The van der Waals surface area contributed by atoms with Gasteiger partial charge in [0.1, 0.15) is 0 Å². The summed E-state index contributed by atoms with van der Waals surface area (Å²) in [4.78, 5) is 17.0. The van der Waals surface area contributed by atoms with Crippen molar-refractivity contribution in [2.24, 2.45) is 0 Å². The predicted molar refractivity (Wildman–Crippen MR) is 128 cm³/mol. The number of hydrogen-bond donors (Lipinski definition) is 4. The molecule has 0 aliphatic rings. The zero-order chi connectivity index (χ0) is 22.3. The average Bonchev–Trinajstić information content (AvgIpc) is 3.24. The van der Waals surface area contributed by atoms with E-state index in [1.54, 1.807) is 12.3 Å². The normalized spacial score (nSPS) is 12.2. The molecule has 0 aliphatic heterocycles. The first-order valence-electron chi connectivity index (χ1n) is 10.5. The molecule has 1 atom stereocenters. The van der Waals surface area contributed by atoms with Gasteiger partial charge in [-0.2, -0.15) is 5.10 Å². The number of aromatic amines is 1. The highest BCUT2D eigenvalue weighted by molar-refractivity contribution is 6.01. The largest absolute Gasteiger partial charge is 0.394 e. The van der Waals surface area contributed by atoms with Gasteiger partial charge in [-0.25, -0.2) is 0 Å². The Balaban J connectivity index is 1.55. The van der Waals surface area contributed by atoms with Gasteiger partial charge in [-0.3, -0.25) is 14.9 Å². The molecule has 0 saturated heterocycles. The van der Waals surface area contributed by atoms with Gasteiger partial charge in [0.15, 0.2) is 0 Å². The Morgan fingerprint density at radius 1 is 1.12 bits per heavy atom. The molecular formula is C25H25N5O2. The molecule has 162 valence electrons. The third-order valence-electron chi connectivity index (χ3n) is 5.19. The van der Waals surface area contributed by atoms with E-state index in [2.05, 4.69) is 25.8 Å². The molecule has 0 aliphatic carbocycles. The van der Waals surface area contributed by atoms with E-state index in [-0.39, 0.29) is 18.6 Å².